The van der Waals surface area contributed by atoms with E-state index < -0.39 is 41.7 Å². The third-order valence-corrected chi connectivity index (χ3v) is 2.19. The van der Waals surface area contributed by atoms with Crippen LogP contribution in [0.15, 0.2) is 18.2 Å². The second-order valence-corrected chi connectivity index (χ2v) is 3.78. The molecule has 0 fully saturated rings. The first-order valence-corrected chi connectivity index (χ1v) is 5.26. The van der Waals surface area contributed by atoms with Gasteiger partial charge in [0.2, 0.25) is 0 Å². The Kier molecular flexibility index (Phi) is 5.18. The zero-order valence-electron chi connectivity index (χ0n) is 10.4. The lowest BCUT2D eigenvalue weighted by Crippen LogP contribution is -2.25. The van der Waals surface area contributed by atoms with E-state index >= 15 is 0 Å². The van der Waals surface area contributed by atoms with Gasteiger partial charge in [-0.1, -0.05) is 0 Å². The van der Waals surface area contributed by atoms with Crippen molar-refractivity contribution in [3.63, 3.8) is 0 Å². The van der Waals surface area contributed by atoms with E-state index in [1.165, 1.54) is 7.11 Å². The Bertz CT molecular complexity index is 479. The number of hydrogen-bond acceptors (Lipinski definition) is 3. The summed E-state index contributed by atoms with van der Waals surface area (Å²) in [6, 6.07) is 0.508. The third kappa shape index (κ3) is 4.90. The van der Waals surface area contributed by atoms with Crippen LogP contribution in [0.1, 0.15) is 21.5 Å². The van der Waals surface area contributed by atoms with Crippen LogP contribution in [0.2, 0.25) is 0 Å². The van der Waals surface area contributed by atoms with Gasteiger partial charge in [-0.05, 0) is 18.2 Å². The fourth-order valence-corrected chi connectivity index (χ4v) is 1.30. The van der Waals surface area contributed by atoms with E-state index in [0.29, 0.717) is 12.1 Å². The molecule has 0 bridgehead atoms. The van der Waals surface area contributed by atoms with Crippen LogP contribution >= 0.6 is 0 Å². The monoisotopic (exact) mass is 317 g/mol. The molecule has 0 atom stereocenters. The highest BCUT2D eigenvalue weighted by molar-refractivity contribution is 5.93. The molecule has 1 N–H and O–H groups in total. The maximum Gasteiger partial charge on any atom is 0.416 e. The maximum atomic E-state index is 12.6. The van der Waals surface area contributed by atoms with Crippen LogP contribution in [0, 0.1) is 0 Å². The molecule has 0 spiro atoms. The summed E-state index contributed by atoms with van der Waals surface area (Å²) in [6.07, 6.45) is -10.0. The van der Waals surface area contributed by atoms with Crippen LogP contribution in [-0.4, -0.2) is 19.8 Å². The van der Waals surface area contributed by atoms with Gasteiger partial charge in [-0.25, -0.2) is 10.3 Å². The zero-order valence-corrected chi connectivity index (χ0v) is 10.4. The molecule has 0 aromatic heterocycles. The van der Waals surface area contributed by atoms with Crippen molar-refractivity contribution < 1.29 is 40.7 Å². The number of amides is 1. The highest BCUT2D eigenvalue weighted by atomic mass is 19.4. The standard InChI is InChI=1S/C11H9F6NO3/c1-20-5-21-18-9(19)6-2-7(10(12,13)14)4-8(3-6)11(15,16)17/h2-4H,5H2,1H3,(H,18,19). The highest BCUT2D eigenvalue weighted by Gasteiger charge is 2.37. The molecular weight excluding hydrogens is 308 g/mol. The lowest BCUT2D eigenvalue weighted by molar-refractivity contribution is -0.143. The summed E-state index contributed by atoms with van der Waals surface area (Å²) >= 11 is 0. The Morgan fingerprint density at radius 3 is 1.90 bits per heavy atom. The molecule has 0 radical (unpaired) electrons. The first kappa shape index (κ1) is 17.2. The molecule has 4 nitrogen and oxygen atoms in total. The van der Waals surface area contributed by atoms with Crippen LogP contribution < -0.4 is 5.48 Å². The smallest absolute Gasteiger partial charge is 0.356 e. The third-order valence-electron chi connectivity index (χ3n) is 2.19. The number of ether oxygens (including phenoxy) is 1. The van der Waals surface area contributed by atoms with Crippen LogP contribution in [0.25, 0.3) is 0 Å². The summed E-state index contributed by atoms with van der Waals surface area (Å²) in [7, 11) is 1.21. The molecule has 1 aromatic carbocycles. The minimum Gasteiger partial charge on any atom is -0.356 e. The number of rotatable bonds is 4. The van der Waals surface area contributed by atoms with Gasteiger partial charge in [-0.2, -0.15) is 26.3 Å². The zero-order chi connectivity index (χ0) is 16.3. The summed E-state index contributed by atoms with van der Waals surface area (Å²) in [4.78, 5) is 15.8. The van der Waals surface area contributed by atoms with Gasteiger partial charge in [0.25, 0.3) is 5.91 Å². The Morgan fingerprint density at radius 1 is 1.05 bits per heavy atom. The number of hydrogen-bond donors (Lipinski definition) is 1. The maximum absolute atomic E-state index is 12.6. The summed E-state index contributed by atoms with van der Waals surface area (Å²) < 4.78 is 79.7. The summed E-state index contributed by atoms with van der Waals surface area (Å²) in [5, 5.41) is 0. The Balaban J connectivity index is 3.17. The second kappa shape index (κ2) is 6.31. The van der Waals surface area contributed by atoms with Gasteiger partial charge in [0.05, 0.1) is 11.1 Å². The number of benzene rings is 1. The molecule has 1 rings (SSSR count). The predicted molar refractivity (Wildman–Crippen MR) is 56.9 cm³/mol. The molecule has 0 saturated heterocycles. The van der Waals surface area contributed by atoms with Gasteiger partial charge in [0, 0.05) is 12.7 Å². The molecule has 0 aliphatic carbocycles. The van der Waals surface area contributed by atoms with E-state index in [2.05, 4.69) is 9.57 Å². The predicted octanol–water partition coefficient (Wildman–Crippen LogP) is 2.99. The molecular formula is C11H9F6NO3. The highest BCUT2D eigenvalue weighted by Crippen LogP contribution is 2.36. The van der Waals surface area contributed by atoms with Crippen LogP contribution in [-0.2, 0) is 21.9 Å². The molecule has 10 heteroatoms. The van der Waals surface area contributed by atoms with Gasteiger partial charge in [-0.15, -0.1) is 0 Å². The van der Waals surface area contributed by atoms with E-state index in [1.807, 2.05) is 0 Å². The van der Waals surface area contributed by atoms with E-state index in [9.17, 15) is 31.1 Å². The largest absolute Gasteiger partial charge is 0.416 e. The average molecular weight is 317 g/mol. The lowest BCUT2D eigenvalue weighted by atomic mass is 10.0. The molecule has 0 aliphatic heterocycles. The van der Waals surface area contributed by atoms with Gasteiger partial charge >= 0.3 is 12.4 Å². The van der Waals surface area contributed by atoms with Crippen LogP contribution in [0.3, 0.4) is 0 Å². The molecule has 0 unspecified atom stereocenters. The van der Waals surface area contributed by atoms with Gasteiger partial charge in [0.15, 0.2) is 6.79 Å². The first-order chi connectivity index (χ1) is 9.55. The fraction of sp³-hybridized carbons (Fsp3) is 0.364. The molecule has 0 aliphatic rings. The molecule has 118 valence electrons. The van der Waals surface area contributed by atoms with Crippen molar-refractivity contribution in [2.24, 2.45) is 0 Å². The summed E-state index contributed by atoms with van der Waals surface area (Å²) in [5.74, 6) is -1.26. The molecule has 1 aromatic rings. The number of carbonyl (C=O) groups is 1. The number of hydroxylamine groups is 1. The van der Waals surface area contributed by atoms with Gasteiger partial charge in [-0.3, -0.25) is 4.79 Å². The molecule has 0 saturated carbocycles. The molecule has 21 heavy (non-hydrogen) atoms. The van der Waals surface area contributed by atoms with Crippen molar-refractivity contribution in [3.05, 3.63) is 34.9 Å². The van der Waals surface area contributed by atoms with Crippen LogP contribution in [0.4, 0.5) is 26.3 Å². The SMILES string of the molecule is COCONC(=O)c1cc(C(F)(F)F)cc(C(F)(F)F)c1. The summed E-state index contributed by atoms with van der Waals surface area (Å²) in [6.45, 7) is -0.420. The number of halogens is 6. The first-order valence-electron chi connectivity index (χ1n) is 5.26. The Labute approximate surface area is 114 Å². The van der Waals surface area contributed by atoms with Crippen molar-refractivity contribution in [1.29, 1.82) is 0 Å². The van der Waals surface area contributed by atoms with E-state index in [4.69, 9.17) is 0 Å². The second-order valence-electron chi connectivity index (χ2n) is 3.78. The Morgan fingerprint density at radius 2 is 1.52 bits per heavy atom. The van der Waals surface area contributed by atoms with E-state index in [1.54, 1.807) is 5.48 Å². The van der Waals surface area contributed by atoms with Crippen molar-refractivity contribution in [1.82, 2.24) is 5.48 Å². The van der Waals surface area contributed by atoms with Gasteiger partial charge < -0.3 is 4.74 Å². The van der Waals surface area contributed by atoms with Crippen LogP contribution in [0.5, 0.6) is 0 Å². The van der Waals surface area contributed by atoms with E-state index in [0.717, 1.165) is 0 Å². The number of methoxy groups -OCH3 is 1. The number of alkyl halides is 6. The fourth-order valence-electron chi connectivity index (χ4n) is 1.30. The Hall–Kier alpha value is -1.81. The lowest BCUT2D eigenvalue weighted by Gasteiger charge is -2.14. The van der Waals surface area contributed by atoms with Crippen molar-refractivity contribution in [3.8, 4) is 0 Å². The van der Waals surface area contributed by atoms with E-state index in [-0.39, 0.29) is 6.07 Å². The van der Waals surface area contributed by atoms with Crippen molar-refractivity contribution in [2.75, 3.05) is 13.9 Å². The molecule has 1 amide bonds. The van der Waals surface area contributed by atoms with Gasteiger partial charge in [0.1, 0.15) is 0 Å². The summed E-state index contributed by atoms with van der Waals surface area (Å²) in [5.41, 5.74) is -2.36. The minimum atomic E-state index is -5.02. The minimum absolute atomic E-state index is 0.0766. The van der Waals surface area contributed by atoms with Crippen molar-refractivity contribution in [2.45, 2.75) is 12.4 Å². The number of nitrogens with one attached hydrogen (secondary N) is 1. The molecule has 0 heterocycles. The topological polar surface area (TPSA) is 47.6 Å². The quantitative estimate of drug-likeness (QED) is 0.402. The normalized spacial score (nSPS) is 12.3. The van der Waals surface area contributed by atoms with Crippen molar-refractivity contribution >= 4 is 5.91 Å². The number of carbonyl (C=O) groups excluding carboxylic acids is 1. The average Bonchev–Trinajstić information content (AvgIpc) is 2.36.